The second kappa shape index (κ2) is 6.80. The SMILES string of the molecule is Cc1cccc(N2CCN(CC3CCN(C)CC3)CC2)c1. The molecule has 116 valence electrons. The van der Waals surface area contributed by atoms with Crippen molar-refractivity contribution in [3.63, 3.8) is 0 Å². The Labute approximate surface area is 129 Å². The van der Waals surface area contributed by atoms with E-state index >= 15 is 0 Å². The monoisotopic (exact) mass is 287 g/mol. The Morgan fingerprint density at radius 2 is 1.71 bits per heavy atom. The standard InChI is InChI=1S/C18H29N3/c1-16-4-3-5-18(14-16)21-12-10-20(11-13-21)15-17-6-8-19(2)9-7-17/h3-5,14,17H,6-13,15H2,1-2H3. The van der Waals surface area contributed by atoms with E-state index in [0.717, 1.165) is 5.92 Å². The summed E-state index contributed by atoms with van der Waals surface area (Å²) in [6.07, 6.45) is 2.77. The van der Waals surface area contributed by atoms with Gasteiger partial charge in [0.2, 0.25) is 0 Å². The molecule has 0 N–H and O–H groups in total. The molecule has 2 aliphatic rings. The van der Waals surface area contributed by atoms with Crippen LogP contribution in [0.5, 0.6) is 0 Å². The molecule has 0 radical (unpaired) electrons. The smallest absolute Gasteiger partial charge is 0.0369 e. The second-order valence-electron chi connectivity index (χ2n) is 6.87. The van der Waals surface area contributed by atoms with Crippen molar-refractivity contribution in [2.45, 2.75) is 19.8 Å². The molecule has 3 heteroatoms. The van der Waals surface area contributed by atoms with E-state index in [1.165, 1.54) is 69.9 Å². The number of piperidine rings is 1. The van der Waals surface area contributed by atoms with Crippen molar-refractivity contribution in [2.24, 2.45) is 5.92 Å². The number of rotatable bonds is 3. The molecule has 0 amide bonds. The van der Waals surface area contributed by atoms with E-state index in [-0.39, 0.29) is 0 Å². The average molecular weight is 287 g/mol. The Kier molecular flexibility index (Phi) is 4.81. The largest absolute Gasteiger partial charge is 0.369 e. The van der Waals surface area contributed by atoms with Gasteiger partial charge in [-0.05, 0) is 63.5 Å². The quantitative estimate of drug-likeness (QED) is 0.845. The van der Waals surface area contributed by atoms with Gasteiger partial charge < -0.3 is 9.80 Å². The predicted octanol–water partition coefficient (Wildman–Crippen LogP) is 2.46. The van der Waals surface area contributed by atoms with Gasteiger partial charge >= 0.3 is 0 Å². The Hall–Kier alpha value is -1.06. The van der Waals surface area contributed by atoms with Crippen molar-refractivity contribution >= 4 is 5.69 Å². The molecule has 0 atom stereocenters. The minimum Gasteiger partial charge on any atom is -0.369 e. The molecular formula is C18H29N3. The van der Waals surface area contributed by atoms with E-state index in [4.69, 9.17) is 0 Å². The van der Waals surface area contributed by atoms with Crippen molar-refractivity contribution in [2.75, 3.05) is 57.8 Å². The molecule has 0 spiro atoms. The zero-order chi connectivity index (χ0) is 14.7. The number of benzene rings is 1. The maximum absolute atomic E-state index is 2.68. The van der Waals surface area contributed by atoms with Gasteiger partial charge in [-0.15, -0.1) is 0 Å². The summed E-state index contributed by atoms with van der Waals surface area (Å²) in [7, 11) is 2.25. The molecule has 0 saturated carbocycles. The minimum atomic E-state index is 0.923. The molecule has 0 bridgehead atoms. The Bertz CT molecular complexity index is 444. The fraction of sp³-hybridized carbons (Fsp3) is 0.667. The van der Waals surface area contributed by atoms with Crippen LogP contribution in [0.15, 0.2) is 24.3 Å². The number of nitrogens with zero attached hydrogens (tertiary/aromatic N) is 3. The fourth-order valence-electron chi connectivity index (χ4n) is 3.62. The summed E-state index contributed by atoms with van der Waals surface area (Å²) in [6.45, 7) is 10.9. The summed E-state index contributed by atoms with van der Waals surface area (Å²) in [5, 5.41) is 0. The van der Waals surface area contributed by atoms with Crippen molar-refractivity contribution in [3.8, 4) is 0 Å². The van der Waals surface area contributed by atoms with Gasteiger partial charge in [0, 0.05) is 38.4 Å². The summed E-state index contributed by atoms with van der Waals surface area (Å²) in [5.41, 5.74) is 2.76. The highest BCUT2D eigenvalue weighted by molar-refractivity contribution is 5.48. The number of piperazine rings is 1. The highest BCUT2D eigenvalue weighted by Gasteiger charge is 2.22. The first kappa shape index (κ1) is 14.9. The van der Waals surface area contributed by atoms with Gasteiger partial charge in [-0.2, -0.15) is 0 Å². The summed E-state index contributed by atoms with van der Waals surface area (Å²) in [4.78, 5) is 7.69. The van der Waals surface area contributed by atoms with Gasteiger partial charge in [0.15, 0.2) is 0 Å². The van der Waals surface area contributed by atoms with E-state index < -0.39 is 0 Å². The molecule has 0 aliphatic carbocycles. The van der Waals surface area contributed by atoms with Crippen LogP contribution in [0.3, 0.4) is 0 Å². The number of aryl methyl sites for hydroxylation is 1. The van der Waals surface area contributed by atoms with Crippen LogP contribution in [0.2, 0.25) is 0 Å². The molecule has 0 unspecified atom stereocenters. The highest BCUT2D eigenvalue weighted by Crippen LogP contribution is 2.21. The minimum absolute atomic E-state index is 0.923. The van der Waals surface area contributed by atoms with E-state index in [1.54, 1.807) is 0 Å². The first-order chi connectivity index (χ1) is 10.2. The van der Waals surface area contributed by atoms with E-state index in [0.29, 0.717) is 0 Å². The van der Waals surface area contributed by atoms with Gasteiger partial charge in [0.05, 0.1) is 0 Å². The number of likely N-dealkylation sites (tertiary alicyclic amines) is 1. The first-order valence-corrected chi connectivity index (χ1v) is 8.43. The van der Waals surface area contributed by atoms with Crippen molar-refractivity contribution in [1.29, 1.82) is 0 Å². The summed E-state index contributed by atoms with van der Waals surface area (Å²) >= 11 is 0. The zero-order valence-electron chi connectivity index (χ0n) is 13.6. The van der Waals surface area contributed by atoms with Crippen molar-refractivity contribution < 1.29 is 0 Å². The molecule has 3 rings (SSSR count). The van der Waals surface area contributed by atoms with Gasteiger partial charge in [-0.25, -0.2) is 0 Å². The zero-order valence-corrected chi connectivity index (χ0v) is 13.6. The average Bonchev–Trinajstić information content (AvgIpc) is 2.50. The van der Waals surface area contributed by atoms with Crippen LogP contribution >= 0.6 is 0 Å². The summed E-state index contributed by atoms with van der Waals surface area (Å²) in [5.74, 6) is 0.923. The molecule has 0 aromatic heterocycles. The third kappa shape index (κ3) is 3.98. The highest BCUT2D eigenvalue weighted by atomic mass is 15.3. The molecule has 1 aromatic carbocycles. The van der Waals surface area contributed by atoms with Gasteiger partial charge in [0.25, 0.3) is 0 Å². The second-order valence-corrected chi connectivity index (χ2v) is 6.87. The number of hydrogen-bond donors (Lipinski definition) is 0. The lowest BCUT2D eigenvalue weighted by molar-refractivity contribution is 0.155. The third-order valence-electron chi connectivity index (χ3n) is 5.09. The third-order valence-corrected chi connectivity index (χ3v) is 5.09. The first-order valence-electron chi connectivity index (χ1n) is 8.43. The molecule has 21 heavy (non-hydrogen) atoms. The van der Waals surface area contributed by atoms with Crippen LogP contribution in [0, 0.1) is 12.8 Å². The fourth-order valence-corrected chi connectivity index (χ4v) is 3.62. The van der Waals surface area contributed by atoms with Crippen LogP contribution < -0.4 is 4.90 Å². The summed E-state index contributed by atoms with van der Waals surface area (Å²) < 4.78 is 0. The topological polar surface area (TPSA) is 9.72 Å². The Morgan fingerprint density at radius 3 is 2.38 bits per heavy atom. The van der Waals surface area contributed by atoms with Crippen molar-refractivity contribution in [3.05, 3.63) is 29.8 Å². The van der Waals surface area contributed by atoms with Crippen LogP contribution in [-0.2, 0) is 0 Å². The molecular weight excluding hydrogens is 258 g/mol. The van der Waals surface area contributed by atoms with Crippen molar-refractivity contribution in [1.82, 2.24) is 9.80 Å². The Morgan fingerprint density at radius 1 is 1.00 bits per heavy atom. The van der Waals surface area contributed by atoms with Gasteiger partial charge in [0.1, 0.15) is 0 Å². The lowest BCUT2D eigenvalue weighted by atomic mass is 9.96. The normalized spacial score (nSPS) is 22.7. The van der Waals surface area contributed by atoms with E-state index in [1.807, 2.05) is 0 Å². The van der Waals surface area contributed by atoms with Crippen LogP contribution in [0.1, 0.15) is 18.4 Å². The molecule has 2 fully saturated rings. The van der Waals surface area contributed by atoms with E-state index in [2.05, 4.69) is 52.9 Å². The predicted molar refractivity (Wildman–Crippen MR) is 90.1 cm³/mol. The summed E-state index contributed by atoms with van der Waals surface area (Å²) in [6, 6.07) is 8.92. The van der Waals surface area contributed by atoms with Crippen LogP contribution in [0.4, 0.5) is 5.69 Å². The van der Waals surface area contributed by atoms with Crippen LogP contribution in [-0.4, -0.2) is 62.7 Å². The lowest BCUT2D eigenvalue weighted by Gasteiger charge is -2.39. The Balaban J connectivity index is 1.47. The van der Waals surface area contributed by atoms with E-state index in [9.17, 15) is 0 Å². The maximum atomic E-state index is 2.68. The molecule has 2 saturated heterocycles. The number of anilines is 1. The molecule has 1 aromatic rings. The molecule has 2 heterocycles. The van der Waals surface area contributed by atoms with Gasteiger partial charge in [-0.1, -0.05) is 12.1 Å². The lowest BCUT2D eigenvalue weighted by Crippen LogP contribution is -2.48. The molecule has 3 nitrogen and oxygen atoms in total. The number of hydrogen-bond acceptors (Lipinski definition) is 3. The van der Waals surface area contributed by atoms with Gasteiger partial charge in [-0.3, -0.25) is 4.90 Å². The molecule has 2 aliphatic heterocycles. The van der Waals surface area contributed by atoms with Crippen LogP contribution in [0.25, 0.3) is 0 Å². The maximum Gasteiger partial charge on any atom is 0.0369 e.